The molecule has 37 heavy (non-hydrogen) atoms. The van der Waals surface area contributed by atoms with Crippen molar-refractivity contribution in [2.75, 3.05) is 25.7 Å². The van der Waals surface area contributed by atoms with Crippen molar-refractivity contribution in [2.45, 2.75) is 26.7 Å². The van der Waals surface area contributed by atoms with Gasteiger partial charge in [-0.3, -0.25) is 9.69 Å². The molecular weight excluding hydrogens is 472 g/mol. The van der Waals surface area contributed by atoms with Crippen LogP contribution in [0.3, 0.4) is 0 Å². The maximum Gasteiger partial charge on any atom is 0.355 e. The molecular formula is C28H30N4O5. The molecule has 1 aliphatic rings. The Labute approximate surface area is 216 Å². The van der Waals surface area contributed by atoms with Crippen molar-refractivity contribution in [3.63, 3.8) is 0 Å². The molecule has 3 N–H and O–H groups in total. The second-order valence-electron chi connectivity index (χ2n) is 8.94. The summed E-state index contributed by atoms with van der Waals surface area (Å²) >= 11 is 0. The zero-order valence-electron chi connectivity index (χ0n) is 21.5. The molecule has 0 aliphatic carbocycles. The van der Waals surface area contributed by atoms with Gasteiger partial charge >= 0.3 is 11.9 Å². The fourth-order valence-electron chi connectivity index (χ4n) is 4.15. The first-order valence-corrected chi connectivity index (χ1v) is 11.7. The number of nitrogens with one attached hydrogen (secondary N) is 1. The van der Waals surface area contributed by atoms with Crippen molar-refractivity contribution < 1.29 is 23.9 Å². The molecule has 1 atom stereocenters. The van der Waals surface area contributed by atoms with Gasteiger partial charge in [-0.2, -0.15) is 5.26 Å². The largest absolute Gasteiger partial charge is 0.466 e. The maximum absolute atomic E-state index is 13.2. The average molecular weight is 503 g/mol. The van der Waals surface area contributed by atoms with Gasteiger partial charge in [0, 0.05) is 12.1 Å². The van der Waals surface area contributed by atoms with E-state index in [0.29, 0.717) is 28.9 Å². The van der Waals surface area contributed by atoms with Crippen LogP contribution in [0.15, 0.2) is 71.2 Å². The van der Waals surface area contributed by atoms with Gasteiger partial charge in [0.25, 0.3) is 5.91 Å². The number of allylic oxidation sites excluding steroid dienone is 1. The lowest BCUT2D eigenvalue weighted by atomic mass is 9.80. The molecule has 1 heterocycles. The summed E-state index contributed by atoms with van der Waals surface area (Å²) in [5.41, 5.74) is 8.20. The highest BCUT2D eigenvalue weighted by molar-refractivity contribution is 6.07. The van der Waals surface area contributed by atoms with Gasteiger partial charge in [-0.15, -0.1) is 0 Å². The first-order chi connectivity index (χ1) is 17.7. The normalized spacial score (nSPS) is 15.4. The fraction of sp³-hybridized carbons (Fsp3) is 0.286. The molecule has 192 valence electrons. The highest BCUT2D eigenvalue weighted by atomic mass is 16.5. The number of hydrogen-bond acceptors (Lipinski definition) is 8. The summed E-state index contributed by atoms with van der Waals surface area (Å²) in [5, 5.41) is 13.0. The Kier molecular flexibility index (Phi) is 8.35. The van der Waals surface area contributed by atoms with Crippen molar-refractivity contribution in [2.24, 2.45) is 11.7 Å². The van der Waals surface area contributed by atoms with Gasteiger partial charge in [0.05, 0.1) is 43.0 Å². The molecule has 2 aromatic carbocycles. The van der Waals surface area contributed by atoms with Crippen molar-refractivity contribution in [3.8, 4) is 6.07 Å². The van der Waals surface area contributed by atoms with Crippen LogP contribution in [-0.2, 0) is 19.1 Å². The lowest BCUT2D eigenvalue weighted by molar-refractivity contribution is -0.139. The van der Waals surface area contributed by atoms with Gasteiger partial charge in [-0.05, 0) is 36.1 Å². The number of carbonyl (C=O) groups is 3. The van der Waals surface area contributed by atoms with Gasteiger partial charge in [0.15, 0.2) is 0 Å². The third kappa shape index (κ3) is 5.33. The van der Waals surface area contributed by atoms with Gasteiger partial charge in [-0.1, -0.05) is 50.2 Å². The van der Waals surface area contributed by atoms with Gasteiger partial charge in [0.2, 0.25) is 0 Å². The Balaban J connectivity index is 2.34. The van der Waals surface area contributed by atoms with E-state index in [1.54, 1.807) is 55.5 Å². The van der Waals surface area contributed by atoms with Crippen LogP contribution < -0.4 is 16.0 Å². The van der Waals surface area contributed by atoms with Crippen LogP contribution >= 0.6 is 0 Å². The maximum atomic E-state index is 13.2. The standard InChI is InChI=1S/C28H30N4O5/c1-16(2)15-31-26(33)19-12-11-17(3)21(13-19)32-24(28(35)37-5)23(27(34)36-4)22(20(14-29)25(32)30)18-9-7-6-8-10-18/h6-13,16,22H,15,30H2,1-5H3,(H,31,33). The van der Waals surface area contributed by atoms with E-state index in [-0.39, 0.29) is 34.5 Å². The quantitative estimate of drug-likeness (QED) is 0.551. The summed E-state index contributed by atoms with van der Waals surface area (Å²) in [4.78, 5) is 40.5. The molecule has 1 amide bonds. The fourth-order valence-corrected chi connectivity index (χ4v) is 4.15. The highest BCUT2D eigenvalue weighted by Gasteiger charge is 2.43. The lowest BCUT2D eigenvalue weighted by Gasteiger charge is -2.36. The van der Waals surface area contributed by atoms with Crippen molar-refractivity contribution in [1.29, 1.82) is 5.26 Å². The van der Waals surface area contributed by atoms with E-state index in [2.05, 4.69) is 11.4 Å². The molecule has 0 aromatic heterocycles. The lowest BCUT2D eigenvalue weighted by Crippen LogP contribution is -2.41. The number of ether oxygens (including phenoxy) is 2. The third-order valence-corrected chi connectivity index (χ3v) is 5.99. The van der Waals surface area contributed by atoms with Crippen LogP contribution in [0, 0.1) is 24.2 Å². The van der Waals surface area contributed by atoms with Crippen molar-refractivity contribution in [3.05, 3.63) is 87.9 Å². The number of amides is 1. The Morgan fingerprint density at radius 2 is 1.73 bits per heavy atom. The number of anilines is 1. The van der Waals surface area contributed by atoms with Crippen LogP contribution in [0.25, 0.3) is 0 Å². The van der Waals surface area contributed by atoms with Gasteiger partial charge in [-0.25, -0.2) is 9.59 Å². The van der Waals surface area contributed by atoms with Crippen LogP contribution in [0.5, 0.6) is 0 Å². The Bertz CT molecular complexity index is 1320. The molecule has 0 radical (unpaired) electrons. The number of esters is 2. The number of nitrogens with two attached hydrogens (primary N) is 1. The minimum absolute atomic E-state index is 0.0494. The second-order valence-corrected chi connectivity index (χ2v) is 8.94. The molecule has 3 rings (SSSR count). The van der Waals surface area contributed by atoms with Gasteiger partial charge < -0.3 is 20.5 Å². The molecule has 1 aliphatic heterocycles. The summed E-state index contributed by atoms with van der Waals surface area (Å²) in [5.74, 6) is -2.76. The summed E-state index contributed by atoms with van der Waals surface area (Å²) < 4.78 is 10.1. The number of rotatable bonds is 7. The molecule has 0 fully saturated rings. The zero-order valence-corrected chi connectivity index (χ0v) is 21.5. The van der Waals surface area contributed by atoms with Crippen LogP contribution in [0.4, 0.5) is 5.69 Å². The van der Waals surface area contributed by atoms with E-state index in [9.17, 15) is 19.6 Å². The van der Waals surface area contributed by atoms with Crippen molar-refractivity contribution >= 4 is 23.5 Å². The predicted molar refractivity (Wildman–Crippen MR) is 138 cm³/mol. The monoisotopic (exact) mass is 502 g/mol. The first-order valence-electron chi connectivity index (χ1n) is 11.7. The summed E-state index contributed by atoms with van der Waals surface area (Å²) in [6.45, 7) is 6.20. The molecule has 1 unspecified atom stereocenters. The van der Waals surface area contributed by atoms with Crippen LogP contribution in [0.2, 0.25) is 0 Å². The molecule has 0 spiro atoms. The topological polar surface area (TPSA) is 135 Å². The minimum Gasteiger partial charge on any atom is -0.466 e. The van der Waals surface area contributed by atoms with E-state index >= 15 is 0 Å². The smallest absolute Gasteiger partial charge is 0.355 e. The number of hydrogen-bond donors (Lipinski definition) is 2. The van der Waals surface area contributed by atoms with E-state index in [0.717, 1.165) is 0 Å². The third-order valence-electron chi connectivity index (χ3n) is 5.99. The second kappa shape index (κ2) is 11.4. The SMILES string of the molecule is COC(=O)C1=C(C(=O)OC)N(c2cc(C(=O)NCC(C)C)ccc2C)C(N)=C(C#N)C1c1ccccc1. The molecule has 9 heteroatoms. The Morgan fingerprint density at radius 1 is 1.08 bits per heavy atom. The van der Waals surface area contributed by atoms with E-state index in [4.69, 9.17) is 15.2 Å². The number of methoxy groups -OCH3 is 2. The predicted octanol–water partition coefficient (Wildman–Crippen LogP) is 3.28. The number of nitriles is 1. The average Bonchev–Trinajstić information content (AvgIpc) is 2.90. The summed E-state index contributed by atoms with van der Waals surface area (Å²) in [6, 6.07) is 15.8. The molecule has 9 nitrogen and oxygen atoms in total. The zero-order chi connectivity index (χ0) is 27.3. The van der Waals surface area contributed by atoms with Crippen LogP contribution in [-0.4, -0.2) is 38.6 Å². The number of carbonyl (C=O) groups excluding carboxylic acids is 3. The van der Waals surface area contributed by atoms with E-state index < -0.39 is 17.9 Å². The number of aryl methyl sites for hydroxylation is 1. The Hall–Kier alpha value is -4.58. The summed E-state index contributed by atoms with van der Waals surface area (Å²) in [6.07, 6.45) is 0. The van der Waals surface area contributed by atoms with Crippen molar-refractivity contribution in [1.82, 2.24) is 5.32 Å². The number of nitrogens with zero attached hydrogens (tertiary/aromatic N) is 2. The van der Waals surface area contributed by atoms with E-state index in [1.165, 1.54) is 19.1 Å². The van der Waals surface area contributed by atoms with Crippen LogP contribution in [0.1, 0.15) is 41.3 Å². The number of benzene rings is 2. The van der Waals surface area contributed by atoms with E-state index in [1.807, 2.05) is 13.8 Å². The summed E-state index contributed by atoms with van der Waals surface area (Å²) in [7, 11) is 2.37. The molecule has 0 bridgehead atoms. The molecule has 0 saturated carbocycles. The highest BCUT2D eigenvalue weighted by Crippen LogP contribution is 2.43. The van der Waals surface area contributed by atoms with Gasteiger partial charge in [0.1, 0.15) is 11.5 Å². The molecule has 2 aromatic rings. The first kappa shape index (κ1) is 27.0. The Morgan fingerprint density at radius 3 is 2.30 bits per heavy atom. The molecule has 0 saturated heterocycles. The minimum atomic E-state index is -0.971.